The van der Waals surface area contributed by atoms with Crippen LogP contribution in [0.4, 0.5) is 10.9 Å². The predicted molar refractivity (Wildman–Crippen MR) is 147 cm³/mol. The highest BCUT2D eigenvalue weighted by Crippen LogP contribution is 2.36. The number of para-hydroxylation sites is 1. The topological polar surface area (TPSA) is 119 Å². The molecule has 1 aliphatic rings. The molecule has 4 aromatic rings. The van der Waals surface area contributed by atoms with Crippen molar-refractivity contribution in [1.82, 2.24) is 24.2 Å². The molecule has 1 aliphatic heterocycles. The van der Waals surface area contributed by atoms with Crippen LogP contribution in [0.15, 0.2) is 76.9 Å². The first-order valence-corrected chi connectivity index (χ1v) is 14.1. The first-order valence-electron chi connectivity index (χ1n) is 12.5. The number of amides is 1. The van der Waals surface area contributed by atoms with Gasteiger partial charge in [-0.1, -0.05) is 36.0 Å². The summed E-state index contributed by atoms with van der Waals surface area (Å²) in [5.41, 5.74) is 0. The van der Waals surface area contributed by atoms with Crippen LogP contribution in [0.1, 0.15) is 31.5 Å². The van der Waals surface area contributed by atoms with E-state index in [0.29, 0.717) is 54.2 Å². The van der Waals surface area contributed by atoms with Gasteiger partial charge in [-0.05, 0) is 44.0 Å². The molecule has 0 aliphatic carbocycles. The molecule has 39 heavy (non-hydrogen) atoms. The van der Waals surface area contributed by atoms with Gasteiger partial charge < -0.3 is 19.7 Å². The van der Waals surface area contributed by atoms with Crippen molar-refractivity contribution >= 4 is 46.1 Å². The minimum Gasteiger partial charge on any atom is -0.459 e. The Hall–Kier alpha value is -4.03. The summed E-state index contributed by atoms with van der Waals surface area (Å²) >= 11 is 2.73. The van der Waals surface area contributed by atoms with Gasteiger partial charge in [-0.2, -0.15) is 4.37 Å². The summed E-state index contributed by atoms with van der Waals surface area (Å²) < 4.78 is 15.6. The first-order chi connectivity index (χ1) is 19.1. The van der Waals surface area contributed by atoms with Crippen molar-refractivity contribution in [2.24, 2.45) is 0 Å². The normalized spacial score (nSPS) is 13.6. The predicted octanol–water partition coefficient (Wildman–Crippen LogP) is 5.28. The standard InChI is InChI=1S/C27H26N6O4S2/c1-2-36-26(35)25(34)33-14-11-18(12-15-33)23-30-27(39-32-23)31-24-21(37-19-8-4-3-5-9-19)16-20(17-29-24)38-22-10-6-7-13-28-22/h3-10,13,16-18H,2,11-12,14-15H2,1H3,(H,29,30,31,32). The summed E-state index contributed by atoms with van der Waals surface area (Å²) in [7, 11) is 0. The van der Waals surface area contributed by atoms with Crippen molar-refractivity contribution < 1.29 is 19.1 Å². The molecule has 0 saturated carbocycles. The lowest BCUT2D eigenvalue weighted by atomic mass is 9.96. The van der Waals surface area contributed by atoms with E-state index in [2.05, 4.69) is 19.7 Å². The van der Waals surface area contributed by atoms with Crippen LogP contribution in [0.2, 0.25) is 0 Å². The monoisotopic (exact) mass is 562 g/mol. The van der Waals surface area contributed by atoms with Crippen LogP contribution in [0.5, 0.6) is 11.5 Å². The number of nitrogens with one attached hydrogen (secondary N) is 1. The fourth-order valence-electron chi connectivity index (χ4n) is 4.01. The Morgan fingerprint density at radius 2 is 1.90 bits per heavy atom. The third-order valence-electron chi connectivity index (χ3n) is 5.92. The molecular formula is C27H26N6O4S2. The molecule has 200 valence electrons. The molecule has 5 rings (SSSR count). The smallest absolute Gasteiger partial charge is 0.397 e. The Kier molecular flexibility index (Phi) is 8.64. The van der Waals surface area contributed by atoms with Crippen LogP contribution in [0, 0.1) is 0 Å². The van der Waals surface area contributed by atoms with Crippen molar-refractivity contribution in [3.8, 4) is 11.5 Å². The van der Waals surface area contributed by atoms with Gasteiger partial charge in [0, 0.05) is 53.9 Å². The molecule has 1 saturated heterocycles. The summed E-state index contributed by atoms with van der Waals surface area (Å²) in [6, 6.07) is 17.2. The lowest BCUT2D eigenvalue weighted by Crippen LogP contribution is -2.42. The molecule has 1 fully saturated rings. The number of benzene rings is 1. The number of hydrogen-bond donors (Lipinski definition) is 1. The van der Waals surface area contributed by atoms with Gasteiger partial charge in [-0.25, -0.2) is 19.7 Å². The maximum Gasteiger partial charge on any atom is 0.397 e. The zero-order valence-electron chi connectivity index (χ0n) is 21.1. The number of carbonyl (C=O) groups is 2. The van der Waals surface area contributed by atoms with Crippen LogP contribution in [-0.4, -0.2) is 55.8 Å². The van der Waals surface area contributed by atoms with E-state index in [1.807, 2.05) is 54.6 Å². The minimum absolute atomic E-state index is 0.0909. The number of likely N-dealkylation sites (tertiary alicyclic amines) is 1. The van der Waals surface area contributed by atoms with E-state index in [1.165, 1.54) is 28.2 Å². The highest BCUT2D eigenvalue weighted by molar-refractivity contribution is 7.99. The molecule has 0 spiro atoms. The molecular weight excluding hydrogens is 536 g/mol. The Morgan fingerprint density at radius 3 is 2.64 bits per heavy atom. The van der Waals surface area contributed by atoms with E-state index < -0.39 is 11.9 Å². The maximum atomic E-state index is 12.2. The summed E-state index contributed by atoms with van der Waals surface area (Å²) in [5, 5.41) is 4.70. The van der Waals surface area contributed by atoms with Crippen LogP contribution < -0.4 is 10.1 Å². The third kappa shape index (κ3) is 6.89. The largest absolute Gasteiger partial charge is 0.459 e. The van der Waals surface area contributed by atoms with Crippen molar-refractivity contribution in [2.75, 3.05) is 25.0 Å². The van der Waals surface area contributed by atoms with Crippen LogP contribution in [-0.2, 0) is 14.3 Å². The summed E-state index contributed by atoms with van der Waals surface area (Å²) in [6.07, 6.45) is 4.85. The number of anilines is 2. The number of aromatic nitrogens is 4. The first kappa shape index (κ1) is 26.6. The van der Waals surface area contributed by atoms with E-state index in [-0.39, 0.29) is 12.5 Å². The van der Waals surface area contributed by atoms with Crippen molar-refractivity contribution in [2.45, 2.75) is 35.6 Å². The molecule has 0 unspecified atom stereocenters. The average Bonchev–Trinajstić information content (AvgIpc) is 3.44. The molecule has 4 heterocycles. The summed E-state index contributed by atoms with van der Waals surface area (Å²) in [6.45, 7) is 2.77. The highest BCUT2D eigenvalue weighted by atomic mass is 32.2. The zero-order valence-corrected chi connectivity index (χ0v) is 22.8. The number of esters is 1. The van der Waals surface area contributed by atoms with Gasteiger partial charge in [-0.3, -0.25) is 4.79 Å². The molecule has 0 atom stereocenters. The number of pyridine rings is 2. The van der Waals surface area contributed by atoms with Gasteiger partial charge in [-0.15, -0.1) is 0 Å². The van der Waals surface area contributed by atoms with Crippen LogP contribution in [0.3, 0.4) is 0 Å². The number of carbonyl (C=O) groups excluding carboxylic acids is 2. The minimum atomic E-state index is -0.806. The van der Waals surface area contributed by atoms with Gasteiger partial charge in [0.15, 0.2) is 11.6 Å². The number of piperidine rings is 1. The molecule has 1 amide bonds. The second-order valence-electron chi connectivity index (χ2n) is 8.57. The van der Waals surface area contributed by atoms with Crippen molar-refractivity contribution in [1.29, 1.82) is 0 Å². The van der Waals surface area contributed by atoms with Gasteiger partial charge in [0.2, 0.25) is 5.13 Å². The van der Waals surface area contributed by atoms with Crippen molar-refractivity contribution in [3.63, 3.8) is 0 Å². The lowest BCUT2D eigenvalue weighted by molar-refractivity contribution is -0.160. The van der Waals surface area contributed by atoms with Crippen LogP contribution >= 0.6 is 23.3 Å². The Bertz CT molecular complexity index is 1410. The van der Waals surface area contributed by atoms with Gasteiger partial charge in [0.05, 0.1) is 6.61 Å². The fourth-order valence-corrected chi connectivity index (χ4v) is 5.43. The van der Waals surface area contributed by atoms with Crippen LogP contribution in [0.25, 0.3) is 0 Å². The van der Waals surface area contributed by atoms with E-state index >= 15 is 0 Å². The average molecular weight is 563 g/mol. The van der Waals surface area contributed by atoms with Gasteiger partial charge in [0.25, 0.3) is 0 Å². The molecule has 12 heteroatoms. The number of ether oxygens (including phenoxy) is 2. The van der Waals surface area contributed by atoms with Gasteiger partial charge >= 0.3 is 11.9 Å². The number of hydrogen-bond acceptors (Lipinski definition) is 11. The summed E-state index contributed by atoms with van der Waals surface area (Å²) in [5.74, 6) is 1.15. The Labute approximate surface area is 234 Å². The fraction of sp³-hybridized carbons (Fsp3) is 0.259. The zero-order chi connectivity index (χ0) is 27.0. The highest BCUT2D eigenvalue weighted by Gasteiger charge is 2.30. The molecule has 1 aromatic carbocycles. The lowest BCUT2D eigenvalue weighted by Gasteiger charge is -2.29. The maximum absolute atomic E-state index is 12.2. The quantitative estimate of drug-likeness (QED) is 0.224. The molecule has 1 N–H and O–H groups in total. The second kappa shape index (κ2) is 12.7. The van der Waals surface area contributed by atoms with Gasteiger partial charge in [0.1, 0.15) is 16.6 Å². The molecule has 0 radical (unpaired) electrons. The third-order valence-corrected chi connectivity index (χ3v) is 7.48. The molecule has 0 bridgehead atoms. The van der Waals surface area contributed by atoms with E-state index in [1.54, 1.807) is 19.3 Å². The number of nitrogens with zero attached hydrogens (tertiary/aromatic N) is 5. The second-order valence-corrected chi connectivity index (χ2v) is 10.4. The van der Waals surface area contributed by atoms with E-state index in [0.717, 1.165) is 9.92 Å². The Morgan fingerprint density at radius 1 is 1.10 bits per heavy atom. The van der Waals surface area contributed by atoms with Crippen molar-refractivity contribution in [3.05, 3.63) is 72.8 Å². The number of rotatable bonds is 8. The molecule has 3 aromatic heterocycles. The Balaban J connectivity index is 1.28. The SMILES string of the molecule is CCOC(=O)C(=O)N1CCC(c2nsc(Nc3ncc(Sc4ccccn4)cc3Oc3ccccc3)n2)CC1. The summed E-state index contributed by atoms with van der Waals surface area (Å²) in [4.78, 5) is 40.1. The molecule has 10 nitrogen and oxygen atoms in total. The van der Waals surface area contributed by atoms with E-state index in [4.69, 9.17) is 14.5 Å². The van der Waals surface area contributed by atoms with E-state index in [9.17, 15) is 9.59 Å².